The Morgan fingerprint density at radius 3 is 2.27 bits per heavy atom. The molecular formula is C23H30N2O. The average Bonchev–Trinajstić information content (AvgIpc) is 2.67. The van der Waals surface area contributed by atoms with Crippen LogP contribution >= 0.6 is 0 Å². The van der Waals surface area contributed by atoms with Gasteiger partial charge in [0, 0.05) is 30.9 Å². The lowest BCUT2D eigenvalue weighted by atomic mass is 10.0. The molecule has 26 heavy (non-hydrogen) atoms. The lowest BCUT2D eigenvalue weighted by Crippen LogP contribution is -2.36. The van der Waals surface area contributed by atoms with E-state index in [0.29, 0.717) is 0 Å². The quantitative estimate of drug-likeness (QED) is 0.728. The van der Waals surface area contributed by atoms with Crippen molar-refractivity contribution in [1.29, 1.82) is 0 Å². The van der Waals surface area contributed by atoms with Crippen LogP contribution in [0.25, 0.3) is 0 Å². The Labute approximate surface area is 157 Å². The van der Waals surface area contributed by atoms with Crippen LogP contribution in [0.1, 0.15) is 29.5 Å². The third-order valence-corrected chi connectivity index (χ3v) is 4.92. The van der Waals surface area contributed by atoms with Crippen molar-refractivity contribution in [2.75, 3.05) is 31.2 Å². The average molecular weight is 351 g/mol. The fourth-order valence-corrected chi connectivity index (χ4v) is 3.47. The van der Waals surface area contributed by atoms with Crippen LogP contribution in [0.4, 0.5) is 5.69 Å². The van der Waals surface area contributed by atoms with Crippen molar-refractivity contribution in [3.63, 3.8) is 0 Å². The van der Waals surface area contributed by atoms with Crippen molar-refractivity contribution in [1.82, 2.24) is 0 Å². The van der Waals surface area contributed by atoms with Gasteiger partial charge in [0.25, 0.3) is 0 Å². The number of ether oxygens (including phenoxy) is 1. The van der Waals surface area contributed by atoms with Gasteiger partial charge in [0.2, 0.25) is 0 Å². The summed E-state index contributed by atoms with van der Waals surface area (Å²) < 4.78 is 5.45. The second kappa shape index (κ2) is 9.44. The van der Waals surface area contributed by atoms with Crippen molar-refractivity contribution < 1.29 is 4.74 Å². The van der Waals surface area contributed by atoms with Crippen molar-refractivity contribution in [2.24, 2.45) is 5.73 Å². The molecular weight excluding hydrogens is 320 g/mol. The Hall–Kier alpha value is -2.26. The van der Waals surface area contributed by atoms with Gasteiger partial charge in [-0.15, -0.1) is 0 Å². The third kappa shape index (κ3) is 5.63. The fraction of sp³-hybridized carbons (Fsp3) is 0.391. The lowest BCUT2D eigenvalue weighted by Gasteiger charge is -2.29. The summed E-state index contributed by atoms with van der Waals surface area (Å²) in [5.74, 6) is 0. The molecule has 3 rings (SSSR count). The summed E-state index contributed by atoms with van der Waals surface area (Å²) in [6.45, 7) is 7.43. The lowest BCUT2D eigenvalue weighted by molar-refractivity contribution is 0.122. The first kappa shape index (κ1) is 18.5. The van der Waals surface area contributed by atoms with E-state index in [4.69, 9.17) is 10.5 Å². The first-order valence-corrected chi connectivity index (χ1v) is 9.63. The molecule has 138 valence electrons. The van der Waals surface area contributed by atoms with Gasteiger partial charge in [0.1, 0.15) is 0 Å². The van der Waals surface area contributed by atoms with Crippen molar-refractivity contribution >= 4 is 5.69 Å². The molecule has 2 aromatic rings. The zero-order valence-corrected chi connectivity index (χ0v) is 15.6. The maximum Gasteiger partial charge on any atom is 0.0642 e. The van der Waals surface area contributed by atoms with Crippen LogP contribution in [-0.4, -0.2) is 26.3 Å². The Balaban J connectivity index is 1.44. The molecule has 1 saturated heterocycles. The smallest absolute Gasteiger partial charge is 0.0642 e. The summed E-state index contributed by atoms with van der Waals surface area (Å²) in [4.78, 5) is 2.42. The number of rotatable bonds is 8. The van der Waals surface area contributed by atoms with E-state index in [1.54, 1.807) is 0 Å². The molecule has 3 nitrogen and oxygen atoms in total. The van der Waals surface area contributed by atoms with Gasteiger partial charge in [-0.3, -0.25) is 0 Å². The highest BCUT2D eigenvalue weighted by molar-refractivity contribution is 5.49. The molecule has 0 unspecified atom stereocenters. The van der Waals surface area contributed by atoms with Gasteiger partial charge in [-0.25, -0.2) is 0 Å². The first-order valence-electron chi connectivity index (χ1n) is 9.63. The Morgan fingerprint density at radius 1 is 0.923 bits per heavy atom. The maximum atomic E-state index is 5.67. The van der Waals surface area contributed by atoms with Crippen LogP contribution in [0.5, 0.6) is 0 Å². The van der Waals surface area contributed by atoms with Gasteiger partial charge < -0.3 is 15.4 Å². The number of hydrogen-bond donors (Lipinski definition) is 1. The number of hydrogen-bond acceptors (Lipinski definition) is 3. The van der Waals surface area contributed by atoms with E-state index in [-0.39, 0.29) is 0 Å². The molecule has 1 heterocycles. The molecule has 0 spiro atoms. The molecule has 2 N–H and O–H groups in total. The van der Waals surface area contributed by atoms with Gasteiger partial charge >= 0.3 is 0 Å². The summed E-state index contributed by atoms with van der Waals surface area (Å²) in [6.07, 6.45) is 5.47. The molecule has 0 aromatic heterocycles. The Bertz CT molecular complexity index is 702. The van der Waals surface area contributed by atoms with E-state index in [0.717, 1.165) is 51.3 Å². The van der Waals surface area contributed by atoms with E-state index >= 15 is 0 Å². The molecule has 1 fully saturated rings. The van der Waals surface area contributed by atoms with E-state index in [1.165, 1.54) is 35.2 Å². The number of nitrogens with two attached hydrogens (primary N) is 1. The minimum absolute atomic E-state index is 0.719. The monoisotopic (exact) mass is 350 g/mol. The van der Waals surface area contributed by atoms with Crippen molar-refractivity contribution in [2.45, 2.75) is 32.1 Å². The van der Waals surface area contributed by atoms with Gasteiger partial charge in [-0.1, -0.05) is 43.0 Å². The third-order valence-electron chi connectivity index (χ3n) is 4.92. The van der Waals surface area contributed by atoms with Gasteiger partial charge in [0.15, 0.2) is 0 Å². The normalized spacial score (nSPS) is 14.4. The Morgan fingerprint density at radius 2 is 1.58 bits per heavy atom. The van der Waals surface area contributed by atoms with Gasteiger partial charge in [-0.2, -0.15) is 0 Å². The minimum atomic E-state index is 0.719. The molecule has 0 bridgehead atoms. The number of benzene rings is 2. The highest BCUT2D eigenvalue weighted by atomic mass is 16.5. The summed E-state index contributed by atoms with van der Waals surface area (Å²) in [5, 5.41) is 0. The van der Waals surface area contributed by atoms with Crippen LogP contribution in [0, 0.1) is 0 Å². The fourth-order valence-electron chi connectivity index (χ4n) is 3.47. The van der Waals surface area contributed by atoms with Crippen molar-refractivity contribution in [3.8, 4) is 0 Å². The highest BCUT2D eigenvalue weighted by Gasteiger charge is 2.11. The SMILES string of the molecule is C=C(N)Cc1ccc(CCCCc2cccc(N3CCOCC3)c2)cc1. The molecule has 0 aliphatic carbocycles. The maximum absolute atomic E-state index is 5.67. The molecule has 0 saturated carbocycles. The van der Waals surface area contributed by atoms with Crippen molar-refractivity contribution in [3.05, 3.63) is 77.5 Å². The molecule has 2 aromatic carbocycles. The van der Waals surface area contributed by atoms with E-state index in [2.05, 4.69) is 60.0 Å². The topological polar surface area (TPSA) is 38.5 Å². The van der Waals surface area contributed by atoms with Gasteiger partial charge in [-0.05, 0) is 54.5 Å². The number of morpholine rings is 1. The zero-order valence-electron chi connectivity index (χ0n) is 15.6. The van der Waals surface area contributed by atoms with E-state index in [1.807, 2.05) is 0 Å². The first-order chi connectivity index (χ1) is 12.7. The molecule has 3 heteroatoms. The minimum Gasteiger partial charge on any atom is -0.402 e. The number of anilines is 1. The predicted molar refractivity (Wildman–Crippen MR) is 110 cm³/mol. The highest BCUT2D eigenvalue weighted by Crippen LogP contribution is 2.19. The number of nitrogens with zero attached hydrogens (tertiary/aromatic N) is 1. The molecule has 0 amide bonds. The number of unbranched alkanes of at least 4 members (excludes halogenated alkanes) is 1. The van der Waals surface area contributed by atoms with Crippen LogP contribution in [0.3, 0.4) is 0 Å². The number of aryl methyl sites for hydroxylation is 2. The molecule has 0 atom stereocenters. The van der Waals surface area contributed by atoms with E-state index < -0.39 is 0 Å². The largest absolute Gasteiger partial charge is 0.402 e. The van der Waals surface area contributed by atoms with Crippen LogP contribution in [0.15, 0.2) is 60.8 Å². The van der Waals surface area contributed by atoms with E-state index in [9.17, 15) is 0 Å². The molecule has 1 aliphatic rings. The second-order valence-corrected chi connectivity index (χ2v) is 7.13. The summed E-state index contributed by atoms with van der Waals surface area (Å²) in [5.41, 5.74) is 11.8. The zero-order chi connectivity index (χ0) is 18.2. The standard InChI is InChI=1S/C23H30N2O/c1-19(24)17-22-11-9-20(10-12-22)5-2-3-6-21-7-4-8-23(18-21)25-13-15-26-16-14-25/h4,7-12,18H,1-3,5-6,13-17,24H2. The van der Waals surface area contributed by atoms with Crippen LogP contribution in [0.2, 0.25) is 0 Å². The summed E-state index contributed by atoms with van der Waals surface area (Å²) in [7, 11) is 0. The van der Waals surface area contributed by atoms with Crippen LogP contribution < -0.4 is 10.6 Å². The molecule has 0 radical (unpaired) electrons. The summed E-state index contributed by atoms with van der Waals surface area (Å²) in [6, 6.07) is 17.8. The summed E-state index contributed by atoms with van der Waals surface area (Å²) >= 11 is 0. The number of allylic oxidation sites excluding steroid dienone is 1. The molecule has 1 aliphatic heterocycles. The predicted octanol–water partition coefficient (Wildman–Crippen LogP) is 4.10. The second-order valence-electron chi connectivity index (χ2n) is 7.13. The van der Waals surface area contributed by atoms with Crippen LogP contribution in [-0.2, 0) is 24.0 Å². The van der Waals surface area contributed by atoms with Gasteiger partial charge in [0.05, 0.1) is 13.2 Å². The Kier molecular flexibility index (Phi) is 6.73.